The Kier molecular flexibility index (Phi) is 7.65. The van der Waals surface area contributed by atoms with Crippen molar-refractivity contribution in [2.75, 3.05) is 25.5 Å². The molecule has 0 aliphatic rings. The average molecular weight is 539 g/mol. The number of aromatic nitrogens is 3. The molecule has 0 aliphatic carbocycles. The van der Waals surface area contributed by atoms with Crippen LogP contribution in [-0.2, 0) is 4.79 Å². The van der Waals surface area contributed by atoms with Gasteiger partial charge in [0.2, 0.25) is 5.91 Å². The minimum Gasteiger partial charge on any atom is -0.370 e. The molecule has 0 atom stereocenters. The van der Waals surface area contributed by atoms with Gasteiger partial charge in [-0.15, -0.1) is 0 Å². The minimum atomic E-state index is 0.0205. The van der Waals surface area contributed by atoms with Crippen LogP contribution < -0.4 is 5.32 Å². The standard InChI is InChI=1S/C26H25BrClN5O/c1-18(15-19-9-4-3-5-10-19)26(34)32(2)14-8-13-29-24-16-23(20-11-6-7-12-22(20)28)31-25-21(27)17-30-33(24)25/h3-7,9-12,15-17,29H,8,13-14H2,1-2H3. The first-order valence-electron chi connectivity index (χ1n) is 11.0. The van der Waals surface area contributed by atoms with Gasteiger partial charge in [-0.3, -0.25) is 4.79 Å². The van der Waals surface area contributed by atoms with Crippen LogP contribution in [0, 0.1) is 0 Å². The lowest BCUT2D eigenvalue weighted by Gasteiger charge is -2.18. The Bertz CT molecular complexity index is 1340. The van der Waals surface area contributed by atoms with Crippen molar-refractivity contribution < 1.29 is 4.79 Å². The molecular formula is C26H25BrClN5O. The Morgan fingerprint density at radius 1 is 1.18 bits per heavy atom. The lowest BCUT2D eigenvalue weighted by molar-refractivity contribution is -0.125. The van der Waals surface area contributed by atoms with Crippen molar-refractivity contribution in [3.63, 3.8) is 0 Å². The largest absolute Gasteiger partial charge is 0.370 e. The maximum Gasteiger partial charge on any atom is 0.249 e. The van der Waals surface area contributed by atoms with Gasteiger partial charge in [-0.2, -0.15) is 9.61 Å². The van der Waals surface area contributed by atoms with E-state index >= 15 is 0 Å². The van der Waals surface area contributed by atoms with E-state index in [4.69, 9.17) is 16.6 Å². The summed E-state index contributed by atoms with van der Waals surface area (Å²) in [5.41, 5.74) is 4.05. The molecule has 174 valence electrons. The molecule has 0 aliphatic heterocycles. The van der Waals surface area contributed by atoms with Crippen LogP contribution in [0.25, 0.3) is 23.0 Å². The zero-order valence-corrected chi connectivity index (χ0v) is 21.3. The van der Waals surface area contributed by atoms with Crippen LogP contribution in [0.15, 0.2) is 76.9 Å². The molecule has 6 nitrogen and oxygen atoms in total. The van der Waals surface area contributed by atoms with Crippen LogP contribution in [0.3, 0.4) is 0 Å². The molecule has 0 unspecified atom stereocenters. The van der Waals surface area contributed by atoms with Crippen LogP contribution >= 0.6 is 27.5 Å². The summed E-state index contributed by atoms with van der Waals surface area (Å²) in [4.78, 5) is 19.2. The normalized spacial score (nSPS) is 11.6. The number of halogens is 2. The molecule has 34 heavy (non-hydrogen) atoms. The van der Waals surface area contributed by atoms with Gasteiger partial charge in [0.1, 0.15) is 5.82 Å². The summed E-state index contributed by atoms with van der Waals surface area (Å²) in [6.07, 6.45) is 4.41. The van der Waals surface area contributed by atoms with Gasteiger partial charge in [0.05, 0.1) is 16.4 Å². The minimum absolute atomic E-state index is 0.0205. The highest BCUT2D eigenvalue weighted by Crippen LogP contribution is 2.30. The molecule has 0 spiro atoms. The number of nitrogens with zero attached hydrogens (tertiary/aromatic N) is 4. The predicted molar refractivity (Wildman–Crippen MR) is 142 cm³/mol. The number of hydrogen-bond acceptors (Lipinski definition) is 4. The van der Waals surface area contributed by atoms with Crippen molar-refractivity contribution in [3.8, 4) is 11.3 Å². The highest BCUT2D eigenvalue weighted by Gasteiger charge is 2.14. The molecule has 4 rings (SSSR count). The van der Waals surface area contributed by atoms with Crippen molar-refractivity contribution in [3.05, 3.63) is 87.5 Å². The number of likely N-dealkylation sites (N-methyl/N-ethyl adjacent to an activating group) is 1. The zero-order valence-electron chi connectivity index (χ0n) is 19.0. The van der Waals surface area contributed by atoms with E-state index in [-0.39, 0.29) is 5.91 Å². The van der Waals surface area contributed by atoms with Gasteiger partial charge >= 0.3 is 0 Å². The second-order valence-electron chi connectivity index (χ2n) is 7.98. The van der Waals surface area contributed by atoms with E-state index in [1.54, 1.807) is 15.6 Å². The first-order chi connectivity index (χ1) is 16.4. The maximum absolute atomic E-state index is 12.7. The molecular weight excluding hydrogens is 514 g/mol. The van der Waals surface area contributed by atoms with Gasteiger partial charge in [0.15, 0.2) is 5.65 Å². The van der Waals surface area contributed by atoms with E-state index < -0.39 is 0 Å². The Hall–Kier alpha value is -3.16. The second kappa shape index (κ2) is 10.8. The van der Waals surface area contributed by atoms with E-state index in [1.807, 2.05) is 80.7 Å². The topological polar surface area (TPSA) is 62.5 Å². The zero-order chi connectivity index (χ0) is 24.1. The number of benzene rings is 2. The first-order valence-corrected chi connectivity index (χ1v) is 12.1. The lowest BCUT2D eigenvalue weighted by Crippen LogP contribution is -2.29. The van der Waals surface area contributed by atoms with Crippen molar-refractivity contribution in [2.45, 2.75) is 13.3 Å². The molecule has 1 amide bonds. The Morgan fingerprint density at radius 2 is 1.91 bits per heavy atom. The lowest BCUT2D eigenvalue weighted by atomic mass is 10.1. The van der Waals surface area contributed by atoms with Crippen LogP contribution in [0.2, 0.25) is 5.02 Å². The molecule has 0 saturated heterocycles. The molecule has 0 bridgehead atoms. The monoisotopic (exact) mass is 537 g/mol. The molecule has 0 fully saturated rings. The molecule has 1 N–H and O–H groups in total. The van der Waals surface area contributed by atoms with E-state index in [2.05, 4.69) is 26.3 Å². The van der Waals surface area contributed by atoms with Gasteiger partial charge in [-0.1, -0.05) is 60.1 Å². The van der Waals surface area contributed by atoms with Gasteiger partial charge < -0.3 is 10.2 Å². The SMILES string of the molecule is CC(=Cc1ccccc1)C(=O)N(C)CCCNc1cc(-c2ccccc2Cl)nc2c(Br)cnn12. The quantitative estimate of drug-likeness (QED) is 0.215. The van der Waals surface area contributed by atoms with Gasteiger partial charge in [0, 0.05) is 42.4 Å². The van der Waals surface area contributed by atoms with Gasteiger partial charge in [-0.25, -0.2) is 4.98 Å². The fraction of sp³-hybridized carbons (Fsp3) is 0.192. The molecule has 0 saturated carbocycles. The third-order valence-electron chi connectivity index (χ3n) is 5.42. The number of nitrogens with one attached hydrogen (secondary N) is 1. The van der Waals surface area contributed by atoms with Gasteiger partial charge in [-0.05, 0) is 47.0 Å². The van der Waals surface area contributed by atoms with Crippen molar-refractivity contribution in [1.82, 2.24) is 19.5 Å². The number of fused-ring (bicyclic) bond motifs is 1. The van der Waals surface area contributed by atoms with Crippen LogP contribution in [0.4, 0.5) is 5.82 Å². The predicted octanol–water partition coefficient (Wildman–Crippen LogP) is 6.18. The fourth-order valence-corrected chi connectivity index (χ4v) is 4.25. The highest BCUT2D eigenvalue weighted by atomic mass is 79.9. The van der Waals surface area contributed by atoms with E-state index in [1.165, 1.54) is 0 Å². The van der Waals surface area contributed by atoms with Crippen molar-refractivity contribution in [2.24, 2.45) is 0 Å². The first kappa shape index (κ1) is 24.0. The fourth-order valence-electron chi connectivity index (χ4n) is 3.67. The summed E-state index contributed by atoms with van der Waals surface area (Å²) in [6, 6.07) is 19.4. The summed E-state index contributed by atoms with van der Waals surface area (Å²) in [5, 5.41) is 8.50. The van der Waals surface area contributed by atoms with Crippen molar-refractivity contribution >= 4 is 51.0 Å². The third kappa shape index (κ3) is 5.48. The Morgan fingerprint density at radius 3 is 2.68 bits per heavy atom. The molecule has 8 heteroatoms. The number of amides is 1. The summed E-state index contributed by atoms with van der Waals surface area (Å²) in [5.74, 6) is 0.826. The second-order valence-corrected chi connectivity index (χ2v) is 9.24. The smallest absolute Gasteiger partial charge is 0.249 e. The van der Waals surface area contributed by atoms with E-state index in [9.17, 15) is 4.79 Å². The van der Waals surface area contributed by atoms with Crippen LogP contribution in [-0.4, -0.2) is 45.5 Å². The van der Waals surface area contributed by atoms with Crippen LogP contribution in [0.5, 0.6) is 0 Å². The summed E-state index contributed by atoms with van der Waals surface area (Å²) in [6.45, 7) is 3.14. The number of hydrogen-bond donors (Lipinski definition) is 1. The van der Waals surface area contributed by atoms with Gasteiger partial charge in [0.25, 0.3) is 0 Å². The maximum atomic E-state index is 12.7. The number of anilines is 1. The summed E-state index contributed by atoms with van der Waals surface area (Å²) in [7, 11) is 1.83. The third-order valence-corrected chi connectivity index (χ3v) is 6.31. The number of carbonyl (C=O) groups is 1. The summed E-state index contributed by atoms with van der Waals surface area (Å²) < 4.78 is 2.56. The Balaban J connectivity index is 1.42. The molecule has 2 aromatic carbocycles. The molecule has 2 heterocycles. The average Bonchev–Trinajstić information content (AvgIpc) is 3.22. The summed E-state index contributed by atoms with van der Waals surface area (Å²) >= 11 is 9.93. The Labute approximate surface area is 212 Å². The molecule has 2 aromatic heterocycles. The molecule has 0 radical (unpaired) electrons. The number of rotatable bonds is 8. The highest BCUT2D eigenvalue weighted by molar-refractivity contribution is 9.10. The molecule has 4 aromatic rings. The van der Waals surface area contributed by atoms with Crippen molar-refractivity contribution in [1.29, 1.82) is 0 Å². The van der Waals surface area contributed by atoms with Crippen LogP contribution in [0.1, 0.15) is 18.9 Å². The van der Waals surface area contributed by atoms with E-state index in [0.717, 1.165) is 33.5 Å². The van der Waals surface area contributed by atoms with E-state index in [0.29, 0.717) is 29.3 Å². The number of carbonyl (C=O) groups excluding carboxylic acids is 1.